The number of aryl methyl sites for hydroxylation is 1. The zero-order valence-electron chi connectivity index (χ0n) is 20.4. The summed E-state index contributed by atoms with van der Waals surface area (Å²) < 4.78 is 18.8. The monoisotopic (exact) mass is 453 g/mol. The molecule has 1 aromatic heterocycles. The van der Waals surface area contributed by atoms with Crippen LogP contribution in [0, 0.1) is 31.1 Å². The second-order valence-corrected chi connectivity index (χ2v) is 10.4. The maximum Gasteiger partial charge on any atom is 0.309 e. The molecule has 1 saturated carbocycles. The molecule has 33 heavy (non-hydrogen) atoms. The Hall–Kier alpha value is -2.76. The molecule has 2 aromatic rings. The van der Waals surface area contributed by atoms with E-state index in [1.165, 1.54) is 0 Å². The van der Waals surface area contributed by atoms with E-state index < -0.39 is 0 Å². The molecule has 178 valence electrons. The van der Waals surface area contributed by atoms with Crippen LogP contribution < -0.4 is 9.47 Å². The third kappa shape index (κ3) is 4.94. The van der Waals surface area contributed by atoms with E-state index in [0.717, 1.165) is 48.5 Å². The average molecular weight is 454 g/mol. The molecule has 0 spiro atoms. The minimum Gasteiger partial charge on any atom is -0.486 e. The number of carbonyl (C=O) groups is 2. The summed E-state index contributed by atoms with van der Waals surface area (Å²) in [6.07, 6.45) is 3.75. The summed E-state index contributed by atoms with van der Waals surface area (Å²) >= 11 is 0. The Kier molecular flexibility index (Phi) is 6.55. The lowest BCUT2D eigenvalue weighted by Crippen LogP contribution is -2.30. The van der Waals surface area contributed by atoms with Gasteiger partial charge in [-0.2, -0.15) is 0 Å². The summed E-state index contributed by atoms with van der Waals surface area (Å²) in [7, 11) is 0. The fourth-order valence-corrected chi connectivity index (χ4v) is 5.14. The lowest BCUT2D eigenvalue weighted by atomic mass is 9.70. The van der Waals surface area contributed by atoms with Gasteiger partial charge in [0.1, 0.15) is 13.2 Å². The van der Waals surface area contributed by atoms with E-state index in [2.05, 4.69) is 20.8 Å². The highest BCUT2D eigenvalue weighted by Crippen LogP contribution is 2.40. The van der Waals surface area contributed by atoms with E-state index in [0.29, 0.717) is 30.4 Å². The first-order valence-electron chi connectivity index (χ1n) is 11.9. The number of carbonyl (C=O) groups excluding carboxylic acids is 2. The fourth-order valence-electron chi connectivity index (χ4n) is 5.14. The second kappa shape index (κ2) is 9.24. The van der Waals surface area contributed by atoms with Crippen molar-refractivity contribution in [2.75, 3.05) is 19.8 Å². The van der Waals surface area contributed by atoms with Gasteiger partial charge in [-0.1, -0.05) is 20.8 Å². The van der Waals surface area contributed by atoms with Gasteiger partial charge in [-0.15, -0.1) is 0 Å². The number of Topliss-reactive ketones (excluding diaryl/α,β-unsaturated/α-hetero) is 1. The Balaban J connectivity index is 1.40. The summed E-state index contributed by atoms with van der Waals surface area (Å²) in [5.41, 5.74) is 3.49. The van der Waals surface area contributed by atoms with Gasteiger partial charge in [0.25, 0.3) is 0 Å². The molecule has 0 bridgehead atoms. The minimum atomic E-state index is -0.239. The molecule has 6 nitrogen and oxygen atoms in total. The molecule has 0 atom stereocenters. The van der Waals surface area contributed by atoms with Crippen LogP contribution in [0.25, 0.3) is 5.69 Å². The molecule has 2 heterocycles. The highest BCUT2D eigenvalue weighted by molar-refractivity contribution is 5.99. The zero-order chi connectivity index (χ0) is 23.8. The third-order valence-corrected chi connectivity index (χ3v) is 7.15. The van der Waals surface area contributed by atoms with Crippen molar-refractivity contribution in [3.8, 4) is 17.2 Å². The predicted octanol–water partition coefficient (Wildman–Crippen LogP) is 5.44. The molecule has 1 fully saturated rings. The number of hydrogen-bond acceptors (Lipinski definition) is 5. The topological polar surface area (TPSA) is 66.8 Å². The molecule has 0 unspecified atom stereocenters. The molecule has 4 rings (SSSR count). The van der Waals surface area contributed by atoms with Crippen LogP contribution in [0.15, 0.2) is 24.3 Å². The van der Waals surface area contributed by atoms with Gasteiger partial charge in [0.15, 0.2) is 18.1 Å². The third-order valence-electron chi connectivity index (χ3n) is 7.15. The Morgan fingerprint density at radius 1 is 1.00 bits per heavy atom. The molecular weight excluding hydrogens is 418 g/mol. The van der Waals surface area contributed by atoms with Crippen molar-refractivity contribution in [2.45, 2.75) is 60.3 Å². The molecule has 0 N–H and O–H groups in total. The van der Waals surface area contributed by atoms with Crippen molar-refractivity contribution in [3.63, 3.8) is 0 Å². The van der Waals surface area contributed by atoms with Crippen molar-refractivity contribution in [1.29, 1.82) is 0 Å². The Labute approximate surface area is 196 Å². The van der Waals surface area contributed by atoms with Crippen molar-refractivity contribution < 1.29 is 23.8 Å². The number of aromatic nitrogens is 1. The first-order valence-corrected chi connectivity index (χ1v) is 11.9. The molecule has 1 aliphatic carbocycles. The van der Waals surface area contributed by atoms with Gasteiger partial charge >= 0.3 is 5.97 Å². The van der Waals surface area contributed by atoms with Crippen LogP contribution >= 0.6 is 0 Å². The highest BCUT2D eigenvalue weighted by atomic mass is 16.6. The SMILES string of the molecule is Cc1cc(C(=O)COC(=O)C2CCC(C(C)(C)C)CC2)c(C)n1-c1ccc2c(c1)OCCO2. The van der Waals surface area contributed by atoms with Gasteiger partial charge in [0, 0.05) is 28.7 Å². The van der Waals surface area contributed by atoms with Crippen LogP contribution in [0.1, 0.15) is 68.2 Å². The Bertz CT molecular complexity index is 1040. The number of ether oxygens (including phenoxy) is 3. The standard InChI is InChI=1S/C27H35NO5/c1-17-14-22(18(2)28(17)21-10-11-24-25(15-21)32-13-12-31-24)23(29)16-33-26(30)19-6-8-20(9-7-19)27(3,4)5/h10-11,14-15,19-20H,6-9,12-13,16H2,1-5H3. The number of esters is 1. The Morgan fingerprint density at radius 3 is 2.33 bits per heavy atom. The van der Waals surface area contributed by atoms with Crippen LogP contribution in [0.3, 0.4) is 0 Å². The van der Waals surface area contributed by atoms with E-state index in [4.69, 9.17) is 14.2 Å². The van der Waals surface area contributed by atoms with Crippen LogP contribution in [-0.2, 0) is 9.53 Å². The highest BCUT2D eigenvalue weighted by Gasteiger charge is 2.33. The fraction of sp³-hybridized carbons (Fsp3) is 0.556. The molecule has 0 radical (unpaired) electrons. The van der Waals surface area contributed by atoms with Gasteiger partial charge in [0.2, 0.25) is 5.78 Å². The van der Waals surface area contributed by atoms with Gasteiger partial charge in [0.05, 0.1) is 5.92 Å². The van der Waals surface area contributed by atoms with Gasteiger partial charge in [-0.3, -0.25) is 9.59 Å². The van der Waals surface area contributed by atoms with Crippen molar-refractivity contribution in [3.05, 3.63) is 41.2 Å². The molecule has 1 aliphatic heterocycles. The minimum absolute atomic E-state index is 0.0958. The molecule has 2 aliphatic rings. The summed E-state index contributed by atoms with van der Waals surface area (Å²) in [5.74, 6) is 1.55. The number of benzene rings is 1. The molecule has 0 amide bonds. The van der Waals surface area contributed by atoms with Crippen molar-refractivity contribution in [1.82, 2.24) is 4.57 Å². The van der Waals surface area contributed by atoms with Gasteiger partial charge in [-0.05, 0) is 69.1 Å². The van der Waals surface area contributed by atoms with Crippen LogP contribution in [0.5, 0.6) is 11.5 Å². The summed E-state index contributed by atoms with van der Waals surface area (Å²) in [6.45, 7) is 11.5. The van der Waals surface area contributed by atoms with E-state index in [1.807, 2.05) is 42.7 Å². The smallest absolute Gasteiger partial charge is 0.309 e. The zero-order valence-corrected chi connectivity index (χ0v) is 20.4. The summed E-state index contributed by atoms with van der Waals surface area (Å²) in [6, 6.07) is 7.63. The van der Waals surface area contributed by atoms with E-state index in [-0.39, 0.29) is 29.7 Å². The number of ketones is 1. The lowest BCUT2D eigenvalue weighted by Gasteiger charge is -2.36. The maximum absolute atomic E-state index is 12.9. The number of rotatable bonds is 5. The molecule has 0 saturated heterocycles. The van der Waals surface area contributed by atoms with E-state index >= 15 is 0 Å². The van der Waals surface area contributed by atoms with Crippen LogP contribution in [0.4, 0.5) is 0 Å². The summed E-state index contributed by atoms with van der Waals surface area (Å²) in [4.78, 5) is 25.5. The van der Waals surface area contributed by atoms with Gasteiger partial charge < -0.3 is 18.8 Å². The number of nitrogens with zero attached hydrogens (tertiary/aromatic N) is 1. The maximum atomic E-state index is 12.9. The first-order chi connectivity index (χ1) is 15.6. The Morgan fingerprint density at radius 2 is 1.67 bits per heavy atom. The van der Waals surface area contributed by atoms with Crippen molar-refractivity contribution in [2.24, 2.45) is 17.3 Å². The first kappa shape index (κ1) is 23.4. The normalized spacial score (nSPS) is 20.4. The largest absolute Gasteiger partial charge is 0.486 e. The van der Waals surface area contributed by atoms with Gasteiger partial charge in [-0.25, -0.2) is 0 Å². The van der Waals surface area contributed by atoms with Crippen molar-refractivity contribution >= 4 is 11.8 Å². The molecular formula is C27H35NO5. The van der Waals surface area contributed by atoms with Crippen LogP contribution in [-0.4, -0.2) is 36.1 Å². The number of hydrogen-bond donors (Lipinski definition) is 0. The average Bonchev–Trinajstić information content (AvgIpc) is 3.10. The number of fused-ring (bicyclic) bond motifs is 1. The molecule has 6 heteroatoms. The predicted molar refractivity (Wildman–Crippen MR) is 126 cm³/mol. The lowest BCUT2D eigenvalue weighted by molar-refractivity contribution is -0.149. The molecule has 1 aromatic carbocycles. The van der Waals surface area contributed by atoms with E-state index in [1.54, 1.807) is 0 Å². The second-order valence-electron chi connectivity index (χ2n) is 10.4. The van der Waals surface area contributed by atoms with Crippen LogP contribution in [0.2, 0.25) is 0 Å². The van der Waals surface area contributed by atoms with E-state index in [9.17, 15) is 9.59 Å². The summed E-state index contributed by atoms with van der Waals surface area (Å²) in [5, 5.41) is 0. The quantitative estimate of drug-likeness (QED) is 0.445.